The Bertz CT molecular complexity index is 269. The van der Waals surface area contributed by atoms with Crippen LogP contribution in [0.4, 0.5) is 4.39 Å². The molecule has 12 heavy (non-hydrogen) atoms. The van der Waals surface area contributed by atoms with E-state index in [0.29, 0.717) is 5.25 Å². The first kappa shape index (κ1) is 9.59. The van der Waals surface area contributed by atoms with E-state index in [-0.39, 0.29) is 5.82 Å². The molecule has 0 saturated heterocycles. The van der Waals surface area contributed by atoms with E-state index in [2.05, 4.69) is 13.8 Å². The Morgan fingerprint density at radius 1 is 1.33 bits per heavy atom. The van der Waals surface area contributed by atoms with Gasteiger partial charge in [-0.3, -0.25) is 0 Å². The first-order chi connectivity index (χ1) is 5.61. The number of halogens is 1. The van der Waals surface area contributed by atoms with Crippen molar-refractivity contribution in [3.63, 3.8) is 0 Å². The number of hydrogen-bond acceptors (Lipinski definition) is 1. The normalized spacial score (nSPS) is 10.8. The van der Waals surface area contributed by atoms with Crippen LogP contribution in [-0.2, 0) is 0 Å². The second kappa shape index (κ2) is 3.94. The lowest BCUT2D eigenvalue weighted by Crippen LogP contribution is -1.91. The number of hydrogen-bond donors (Lipinski definition) is 0. The summed E-state index contributed by atoms with van der Waals surface area (Å²) in [6.45, 7) is 5.92. The van der Waals surface area contributed by atoms with Crippen molar-refractivity contribution in [1.29, 1.82) is 0 Å². The Balaban J connectivity index is 2.92. The molecular formula is C10H13FS. The highest BCUT2D eigenvalue weighted by molar-refractivity contribution is 7.99. The zero-order valence-corrected chi connectivity index (χ0v) is 8.41. The maximum absolute atomic E-state index is 13.3. The van der Waals surface area contributed by atoms with Gasteiger partial charge in [0.2, 0.25) is 0 Å². The van der Waals surface area contributed by atoms with Gasteiger partial charge in [0.1, 0.15) is 5.82 Å². The van der Waals surface area contributed by atoms with E-state index in [4.69, 9.17) is 0 Å². The molecule has 0 heterocycles. The van der Waals surface area contributed by atoms with Gasteiger partial charge in [-0.2, -0.15) is 0 Å². The van der Waals surface area contributed by atoms with Crippen LogP contribution in [0, 0.1) is 12.7 Å². The third-order valence-corrected chi connectivity index (χ3v) is 2.56. The van der Waals surface area contributed by atoms with E-state index in [1.807, 2.05) is 12.1 Å². The third-order valence-electron chi connectivity index (χ3n) is 1.52. The van der Waals surface area contributed by atoms with E-state index in [1.54, 1.807) is 24.8 Å². The summed E-state index contributed by atoms with van der Waals surface area (Å²) < 4.78 is 13.3. The van der Waals surface area contributed by atoms with Crippen LogP contribution in [-0.4, -0.2) is 5.25 Å². The largest absolute Gasteiger partial charge is 0.205 e. The quantitative estimate of drug-likeness (QED) is 0.632. The summed E-state index contributed by atoms with van der Waals surface area (Å²) in [6.07, 6.45) is 0. The highest BCUT2D eigenvalue weighted by Gasteiger charge is 2.06. The number of aryl methyl sites for hydroxylation is 1. The predicted molar refractivity (Wildman–Crippen MR) is 52.1 cm³/mol. The molecule has 66 valence electrons. The van der Waals surface area contributed by atoms with Gasteiger partial charge in [0.05, 0.1) is 0 Å². The van der Waals surface area contributed by atoms with Crippen LogP contribution in [0.1, 0.15) is 19.4 Å². The van der Waals surface area contributed by atoms with E-state index in [1.165, 1.54) is 0 Å². The number of benzene rings is 1. The summed E-state index contributed by atoms with van der Waals surface area (Å²) in [5, 5.41) is 0.432. The molecular weight excluding hydrogens is 171 g/mol. The van der Waals surface area contributed by atoms with Crippen molar-refractivity contribution in [2.45, 2.75) is 30.9 Å². The van der Waals surface area contributed by atoms with E-state index < -0.39 is 0 Å². The standard InChI is InChI=1S/C10H13FS/c1-7(2)12-9-6-4-5-8(3)10(9)11/h4-7H,1-3H3. The lowest BCUT2D eigenvalue weighted by atomic mass is 10.2. The zero-order chi connectivity index (χ0) is 9.14. The first-order valence-electron chi connectivity index (χ1n) is 4.03. The summed E-state index contributed by atoms with van der Waals surface area (Å²) in [6, 6.07) is 5.51. The SMILES string of the molecule is Cc1cccc(SC(C)C)c1F. The summed E-state index contributed by atoms with van der Waals surface area (Å²) in [4.78, 5) is 0.755. The van der Waals surface area contributed by atoms with Gasteiger partial charge in [-0.15, -0.1) is 11.8 Å². The van der Waals surface area contributed by atoms with Gasteiger partial charge < -0.3 is 0 Å². The molecule has 0 bridgehead atoms. The van der Waals surface area contributed by atoms with Crippen molar-refractivity contribution in [2.24, 2.45) is 0 Å². The van der Waals surface area contributed by atoms with Crippen LogP contribution in [0.15, 0.2) is 23.1 Å². The molecule has 0 radical (unpaired) electrons. The molecule has 1 rings (SSSR count). The maximum Gasteiger partial charge on any atom is 0.139 e. The smallest absolute Gasteiger partial charge is 0.139 e. The molecule has 0 unspecified atom stereocenters. The van der Waals surface area contributed by atoms with Crippen LogP contribution in [0.2, 0.25) is 0 Å². The molecule has 2 heteroatoms. The van der Waals surface area contributed by atoms with Crippen LogP contribution in [0.5, 0.6) is 0 Å². The summed E-state index contributed by atoms with van der Waals surface area (Å²) in [5.74, 6) is -0.0730. The molecule has 0 spiro atoms. The van der Waals surface area contributed by atoms with Crippen molar-refractivity contribution in [3.8, 4) is 0 Å². The molecule has 0 aromatic heterocycles. The fourth-order valence-corrected chi connectivity index (χ4v) is 1.89. The Morgan fingerprint density at radius 3 is 2.58 bits per heavy atom. The molecule has 0 atom stereocenters. The minimum atomic E-state index is -0.0730. The molecule has 0 aliphatic carbocycles. The molecule has 0 amide bonds. The molecule has 1 aromatic carbocycles. The van der Waals surface area contributed by atoms with Gasteiger partial charge >= 0.3 is 0 Å². The Labute approximate surface area is 77.2 Å². The Kier molecular flexibility index (Phi) is 3.15. The fraction of sp³-hybridized carbons (Fsp3) is 0.400. The molecule has 0 saturated carbocycles. The van der Waals surface area contributed by atoms with Gasteiger partial charge in [0.25, 0.3) is 0 Å². The van der Waals surface area contributed by atoms with Gasteiger partial charge in [-0.05, 0) is 18.6 Å². The van der Waals surface area contributed by atoms with Crippen LogP contribution < -0.4 is 0 Å². The van der Waals surface area contributed by atoms with Crippen molar-refractivity contribution in [2.75, 3.05) is 0 Å². The van der Waals surface area contributed by atoms with Crippen molar-refractivity contribution < 1.29 is 4.39 Å². The molecule has 1 aromatic rings. The second-order valence-corrected chi connectivity index (χ2v) is 4.67. The maximum atomic E-state index is 13.3. The highest BCUT2D eigenvalue weighted by Crippen LogP contribution is 2.26. The summed E-state index contributed by atoms with van der Waals surface area (Å²) in [7, 11) is 0. The average molecular weight is 184 g/mol. The van der Waals surface area contributed by atoms with Crippen molar-refractivity contribution in [3.05, 3.63) is 29.6 Å². The van der Waals surface area contributed by atoms with E-state index in [0.717, 1.165) is 10.5 Å². The highest BCUT2D eigenvalue weighted by atomic mass is 32.2. The Morgan fingerprint density at radius 2 is 2.00 bits per heavy atom. The zero-order valence-electron chi connectivity index (χ0n) is 7.60. The van der Waals surface area contributed by atoms with E-state index >= 15 is 0 Å². The van der Waals surface area contributed by atoms with Crippen molar-refractivity contribution in [1.82, 2.24) is 0 Å². The predicted octanol–water partition coefficient (Wildman–Crippen LogP) is 3.63. The second-order valence-electron chi connectivity index (χ2n) is 3.05. The minimum Gasteiger partial charge on any atom is -0.205 e. The van der Waals surface area contributed by atoms with E-state index in [9.17, 15) is 4.39 Å². The van der Waals surface area contributed by atoms with Gasteiger partial charge in [-0.25, -0.2) is 4.39 Å². The van der Waals surface area contributed by atoms with Crippen molar-refractivity contribution >= 4 is 11.8 Å². The van der Waals surface area contributed by atoms with Gasteiger partial charge in [0, 0.05) is 10.1 Å². The molecule has 0 aliphatic heterocycles. The lowest BCUT2D eigenvalue weighted by Gasteiger charge is -2.06. The first-order valence-corrected chi connectivity index (χ1v) is 4.91. The van der Waals surface area contributed by atoms with Crippen LogP contribution >= 0.6 is 11.8 Å². The summed E-state index contributed by atoms with van der Waals surface area (Å²) in [5.41, 5.74) is 0.723. The molecule has 0 N–H and O–H groups in total. The minimum absolute atomic E-state index is 0.0730. The van der Waals surface area contributed by atoms with Crippen LogP contribution in [0.3, 0.4) is 0 Å². The van der Waals surface area contributed by atoms with Crippen LogP contribution in [0.25, 0.3) is 0 Å². The number of thioether (sulfide) groups is 1. The van der Waals surface area contributed by atoms with Gasteiger partial charge in [-0.1, -0.05) is 26.0 Å². The molecule has 0 aliphatic rings. The fourth-order valence-electron chi connectivity index (χ4n) is 0.965. The Hall–Kier alpha value is -0.500. The lowest BCUT2D eigenvalue weighted by molar-refractivity contribution is 0.592. The molecule has 0 nitrogen and oxygen atoms in total. The third kappa shape index (κ3) is 2.24. The average Bonchev–Trinajstić information content (AvgIpc) is 1.98. The van der Waals surface area contributed by atoms with Gasteiger partial charge in [0.15, 0.2) is 0 Å². The molecule has 0 fully saturated rings. The topological polar surface area (TPSA) is 0 Å². The summed E-state index contributed by atoms with van der Waals surface area (Å²) >= 11 is 1.56. The monoisotopic (exact) mass is 184 g/mol. The number of rotatable bonds is 2.